The van der Waals surface area contributed by atoms with E-state index >= 15 is 0 Å². The van der Waals surface area contributed by atoms with Crippen molar-refractivity contribution in [1.29, 1.82) is 0 Å². The summed E-state index contributed by atoms with van der Waals surface area (Å²) in [5.74, 6) is -1.29. The maximum absolute atomic E-state index is 14.2. The smallest absolute Gasteiger partial charge is 0.317 e. The first-order valence-electron chi connectivity index (χ1n) is 7.62. The number of nitrogens with zero attached hydrogens (tertiary/aromatic N) is 1. The average molecular weight is 332 g/mol. The first-order chi connectivity index (χ1) is 11.5. The second-order valence-electron chi connectivity index (χ2n) is 5.71. The molecule has 1 aromatic heterocycles. The van der Waals surface area contributed by atoms with Gasteiger partial charge in [0.05, 0.1) is 12.2 Å². The topological polar surface area (TPSA) is 82.8 Å². The summed E-state index contributed by atoms with van der Waals surface area (Å²) < 4.78 is 19.4. The van der Waals surface area contributed by atoms with E-state index in [2.05, 4.69) is 5.32 Å². The Bertz CT molecular complexity index is 745. The number of rotatable bonds is 4. The zero-order valence-corrected chi connectivity index (χ0v) is 12.9. The number of benzene rings is 1. The summed E-state index contributed by atoms with van der Waals surface area (Å²) >= 11 is 0. The summed E-state index contributed by atoms with van der Waals surface area (Å²) in [6.45, 7) is 0.612. The molecule has 1 unspecified atom stereocenters. The van der Waals surface area contributed by atoms with E-state index in [1.54, 1.807) is 24.3 Å². The van der Waals surface area contributed by atoms with Crippen molar-refractivity contribution in [2.75, 3.05) is 13.1 Å². The summed E-state index contributed by atoms with van der Waals surface area (Å²) in [6, 6.07) is 7.76. The van der Waals surface area contributed by atoms with Crippen molar-refractivity contribution in [2.24, 2.45) is 5.92 Å². The van der Waals surface area contributed by atoms with Crippen molar-refractivity contribution >= 4 is 12.0 Å². The normalized spacial score (nSPS) is 17.0. The summed E-state index contributed by atoms with van der Waals surface area (Å²) in [7, 11) is 0. The van der Waals surface area contributed by atoms with Crippen LogP contribution in [0.15, 0.2) is 41.0 Å². The molecule has 2 amide bonds. The molecule has 0 radical (unpaired) electrons. The Kier molecular flexibility index (Phi) is 4.50. The van der Waals surface area contributed by atoms with Crippen molar-refractivity contribution in [3.8, 4) is 11.3 Å². The van der Waals surface area contributed by atoms with Crippen LogP contribution in [-0.4, -0.2) is 35.1 Å². The number of halogens is 1. The Morgan fingerprint density at radius 3 is 2.83 bits per heavy atom. The summed E-state index contributed by atoms with van der Waals surface area (Å²) in [5, 5.41) is 11.6. The fourth-order valence-corrected chi connectivity index (χ4v) is 2.72. The molecule has 0 bridgehead atoms. The number of amides is 2. The molecular formula is C17H17FN2O4. The number of aliphatic carboxylic acids is 1. The highest BCUT2D eigenvalue weighted by Crippen LogP contribution is 2.22. The summed E-state index contributed by atoms with van der Waals surface area (Å²) in [4.78, 5) is 24.4. The maximum Gasteiger partial charge on any atom is 0.317 e. The van der Waals surface area contributed by atoms with Gasteiger partial charge >= 0.3 is 12.0 Å². The van der Waals surface area contributed by atoms with E-state index in [1.807, 2.05) is 0 Å². The van der Waals surface area contributed by atoms with E-state index < -0.39 is 17.7 Å². The lowest BCUT2D eigenvalue weighted by atomic mass is 10.1. The van der Waals surface area contributed by atoms with E-state index in [9.17, 15) is 14.0 Å². The molecule has 1 fully saturated rings. The Morgan fingerprint density at radius 2 is 2.21 bits per heavy atom. The van der Waals surface area contributed by atoms with Crippen molar-refractivity contribution < 1.29 is 23.5 Å². The lowest BCUT2D eigenvalue weighted by Crippen LogP contribution is -2.38. The van der Waals surface area contributed by atoms with Crippen molar-refractivity contribution in [2.45, 2.75) is 13.0 Å². The highest BCUT2D eigenvalue weighted by molar-refractivity contribution is 5.77. The minimum atomic E-state index is -0.898. The van der Waals surface area contributed by atoms with Gasteiger partial charge in [0.25, 0.3) is 0 Å². The van der Waals surface area contributed by atoms with Gasteiger partial charge in [-0.1, -0.05) is 12.1 Å². The fourth-order valence-electron chi connectivity index (χ4n) is 2.72. The Balaban J connectivity index is 1.59. The van der Waals surface area contributed by atoms with Crippen LogP contribution in [0.2, 0.25) is 0 Å². The predicted molar refractivity (Wildman–Crippen MR) is 83.7 cm³/mol. The monoisotopic (exact) mass is 332 g/mol. The molecule has 2 aromatic rings. The number of carbonyl (C=O) groups excluding carboxylic acids is 1. The van der Waals surface area contributed by atoms with Gasteiger partial charge in [-0.2, -0.15) is 0 Å². The van der Waals surface area contributed by atoms with Gasteiger partial charge < -0.3 is 19.7 Å². The highest BCUT2D eigenvalue weighted by atomic mass is 19.1. The van der Waals surface area contributed by atoms with E-state index in [0.717, 1.165) is 0 Å². The minimum Gasteiger partial charge on any atom is -0.481 e. The van der Waals surface area contributed by atoms with E-state index in [1.165, 1.54) is 17.2 Å². The van der Waals surface area contributed by atoms with Crippen molar-refractivity contribution in [1.82, 2.24) is 10.2 Å². The Labute approximate surface area is 137 Å². The molecule has 3 rings (SSSR count). The standard InChI is InChI=1S/C17H17FN2O4/c18-14-8-11(15-2-1-7-24-15)3-4-12(14)9-19-17(23)20-6-5-13(10-20)16(21)22/h1-4,7-8,13H,5-6,9-10H2,(H,19,23)(H,21,22). The number of likely N-dealkylation sites (tertiary alicyclic amines) is 1. The Hall–Kier alpha value is -2.83. The lowest BCUT2D eigenvalue weighted by molar-refractivity contribution is -0.141. The number of urea groups is 1. The van der Waals surface area contributed by atoms with Crippen LogP contribution in [0.1, 0.15) is 12.0 Å². The van der Waals surface area contributed by atoms with E-state index in [-0.39, 0.29) is 19.1 Å². The largest absolute Gasteiger partial charge is 0.481 e. The molecule has 1 aromatic carbocycles. The third kappa shape index (κ3) is 3.40. The van der Waals surface area contributed by atoms with Crippen LogP contribution in [0.4, 0.5) is 9.18 Å². The number of nitrogens with one attached hydrogen (secondary N) is 1. The molecule has 0 aliphatic carbocycles. The highest BCUT2D eigenvalue weighted by Gasteiger charge is 2.30. The zero-order chi connectivity index (χ0) is 17.1. The van der Waals surface area contributed by atoms with Gasteiger partial charge in [0.2, 0.25) is 0 Å². The number of carboxylic acid groups (broad SMARTS) is 1. The molecule has 6 nitrogen and oxygen atoms in total. The predicted octanol–water partition coefficient (Wildman–Crippen LogP) is 2.70. The SMILES string of the molecule is O=C(O)C1CCN(C(=O)NCc2ccc(-c3ccco3)cc2F)C1. The van der Waals surface area contributed by atoms with Crippen LogP contribution < -0.4 is 5.32 Å². The summed E-state index contributed by atoms with van der Waals surface area (Å²) in [5.41, 5.74) is 0.976. The fraction of sp³-hybridized carbons (Fsp3) is 0.294. The number of carbonyl (C=O) groups is 2. The second kappa shape index (κ2) is 6.74. The third-order valence-electron chi connectivity index (χ3n) is 4.11. The molecule has 7 heteroatoms. The molecule has 1 atom stereocenters. The van der Waals surface area contributed by atoms with Gasteiger partial charge in [0.15, 0.2) is 0 Å². The van der Waals surface area contributed by atoms with Crippen LogP contribution in [0.3, 0.4) is 0 Å². The van der Waals surface area contributed by atoms with Gasteiger partial charge in [-0.05, 0) is 24.6 Å². The minimum absolute atomic E-state index is 0.0390. The average Bonchev–Trinajstić information content (AvgIpc) is 3.24. The second-order valence-corrected chi connectivity index (χ2v) is 5.71. The number of hydrogen-bond acceptors (Lipinski definition) is 3. The van der Waals surface area contributed by atoms with Gasteiger partial charge in [0.1, 0.15) is 11.6 Å². The molecular weight excluding hydrogens is 315 g/mol. The molecule has 1 aliphatic heterocycles. The molecule has 24 heavy (non-hydrogen) atoms. The van der Waals surface area contributed by atoms with E-state index in [0.29, 0.717) is 29.9 Å². The lowest BCUT2D eigenvalue weighted by Gasteiger charge is -2.17. The molecule has 1 aliphatic rings. The number of hydrogen-bond donors (Lipinski definition) is 2. The van der Waals surface area contributed by atoms with Crippen LogP contribution in [0.5, 0.6) is 0 Å². The van der Waals surface area contributed by atoms with Gasteiger partial charge in [-0.3, -0.25) is 4.79 Å². The molecule has 2 heterocycles. The first-order valence-corrected chi connectivity index (χ1v) is 7.62. The molecule has 126 valence electrons. The molecule has 0 spiro atoms. The molecule has 2 N–H and O–H groups in total. The third-order valence-corrected chi connectivity index (χ3v) is 4.11. The maximum atomic E-state index is 14.2. The quantitative estimate of drug-likeness (QED) is 0.902. The summed E-state index contributed by atoms with van der Waals surface area (Å²) in [6.07, 6.45) is 1.96. The van der Waals surface area contributed by atoms with Crippen molar-refractivity contribution in [3.05, 3.63) is 48.0 Å². The zero-order valence-electron chi connectivity index (χ0n) is 12.9. The number of carboxylic acids is 1. The van der Waals surface area contributed by atoms with E-state index in [4.69, 9.17) is 9.52 Å². The Morgan fingerprint density at radius 1 is 1.38 bits per heavy atom. The van der Waals surface area contributed by atoms with Crippen LogP contribution in [-0.2, 0) is 11.3 Å². The van der Waals surface area contributed by atoms with Gasteiger partial charge in [0, 0.05) is 30.8 Å². The van der Waals surface area contributed by atoms with Crippen molar-refractivity contribution in [3.63, 3.8) is 0 Å². The van der Waals surface area contributed by atoms with Gasteiger partial charge in [-0.25, -0.2) is 9.18 Å². The molecule has 1 saturated heterocycles. The molecule has 0 saturated carbocycles. The number of furan rings is 1. The van der Waals surface area contributed by atoms with Crippen LogP contribution in [0, 0.1) is 11.7 Å². The van der Waals surface area contributed by atoms with Crippen LogP contribution in [0.25, 0.3) is 11.3 Å². The first kappa shape index (κ1) is 16.0. The van der Waals surface area contributed by atoms with Crippen LogP contribution >= 0.6 is 0 Å². The van der Waals surface area contributed by atoms with Gasteiger partial charge in [-0.15, -0.1) is 0 Å².